The molecule has 2 aromatic heterocycles. The van der Waals surface area contributed by atoms with Gasteiger partial charge in [0.15, 0.2) is 5.11 Å². The molecule has 1 aliphatic heterocycles. The Kier molecular flexibility index (Phi) is 7.27. The van der Waals surface area contributed by atoms with Crippen molar-refractivity contribution < 1.29 is 17.6 Å². The zero-order chi connectivity index (χ0) is 23.1. The highest BCUT2D eigenvalue weighted by Gasteiger charge is 2.16. The van der Waals surface area contributed by atoms with Crippen LogP contribution in [0, 0.1) is 0 Å². The maximum atomic E-state index is 12.5. The number of nitrogens with zero attached hydrogens (tertiary/aromatic N) is 3. The molecule has 1 aromatic carbocycles. The summed E-state index contributed by atoms with van der Waals surface area (Å²) in [6, 6.07) is 11.4. The van der Waals surface area contributed by atoms with Gasteiger partial charge in [-0.15, -0.1) is 0 Å². The van der Waals surface area contributed by atoms with Gasteiger partial charge in [-0.05, 0) is 67.5 Å². The Bertz CT molecular complexity index is 1210. The van der Waals surface area contributed by atoms with Gasteiger partial charge in [0.25, 0.3) is 10.0 Å². The van der Waals surface area contributed by atoms with Gasteiger partial charge in [-0.2, -0.15) is 5.10 Å². The lowest BCUT2D eigenvalue weighted by atomic mass is 10.2. The maximum absolute atomic E-state index is 12.5. The molecule has 3 heterocycles. The number of ether oxygens (including phenoxy) is 1. The Morgan fingerprint density at radius 2 is 1.97 bits per heavy atom. The molecule has 172 valence electrons. The van der Waals surface area contributed by atoms with E-state index in [0.717, 1.165) is 19.4 Å². The molecule has 0 aliphatic carbocycles. The first-order chi connectivity index (χ1) is 16.0. The van der Waals surface area contributed by atoms with Gasteiger partial charge in [0.05, 0.1) is 17.2 Å². The van der Waals surface area contributed by atoms with Crippen LogP contribution in [0.15, 0.2) is 69.3 Å². The Labute approximate surface area is 196 Å². The minimum atomic E-state index is -3.80. The highest BCUT2D eigenvalue weighted by atomic mass is 32.2. The first-order valence-corrected chi connectivity index (χ1v) is 12.1. The van der Waals surface area contributed by atoms with Crippen LogP contribution < -0.4 is 15.5 Å². The summed E-state index contributed by atoms with van der Waals surface area (Å²) in [5, 5.41) is 7.53. The van der Waals surface area contributed by atoms with Gasteiger partial charge >= 0.3 is 0 Å². The van der Waals surface area contributed by atoms with Gasteiger partial charge in [0.1, 0.15) is 11.5 Å². The van der Waals surface area contributed by atoms with Crippen LogP contribution >= 0.6 is 12.2 Å². The van der Waals surface area contributed by atoms with E-state index >= 15 is 0 Å². The van der Waals surface area contributed by atoms with Crippen LogP contribution in [0.2, 0.25) is 0 Å². The second kappa shape index (κ2) is 10.5. The second-order valence-corrected chi connectivity index (χ2v) is 9.21. The van der Waals surface area contributed by atoms with E-state index < -0.39 is 10.0 Å². The molecule has 0 radical (unpaired) electrons. The highest BCUT2D eigenvalue weighted by Crippen LogP contribution is 2.24. The Hall–Kier alpha value is -3.35. The van der Waals surface area contributed by atoms with Crippen molar-refractivity contribution >= 4 is 39.5 Å². The van der Waals surface area contributed by atoms with Crippen LogP contribution in [0.1, 0.15) is 18.6 Å². The molecular weight excluding hydrogens is 464 g/mol. The van der Waals surface area contributed by atoms with Crippen LogP contribution in [-0.2, 0) is 14.8 Å². The average molecular weight is 487 g/mol. The fraction of sp³-hybridized carbons (Fsp3) is 0.238. The minimum Gasteiger partial charge on any atom is -0.455 e. The largest absolute Gasteiger partial charge is 0.455 e. The molecule has 1 saturated heterocycles. The van der Waals surface area contributed by atoms with E-state index in [1.165, 1.54) is 30.7 Å². The number of benzene rings is 1. The smallest absolute Gasteiger partial charge is 0.264 e. The second-order valence-electron chi connectivity index (χ2n) is 7.12. The van der Waals surface area contributed by atoms with E-state index in [1.54, 1.807) is 30.3 Å². The van der Waals surface area contributed by atoms with Gasteiger partial charge in [-0.1, -0.05) is 0 Å². The van der Waals surface area contributed by atoms with Gasteiger partial charge in [0, 0.05) is 31.1 Å². The topological polar surface area (TPSA) is 131 Å². The summed E-state index contributed by atoms with van der Waals surface area (Å²) in [4.78, 5) is 7.82. The summed E-state index contributed by atoms with van der Waals surface area (Å²) in [6.45, 7) is 1.44. The minimum absolute atomic E-state index is 0.00620. The van der Waals surface area contributed by atoms with Crippen molar-refractivity contribution in [3.63, 3.8) is 0 Å². The number of furan rings is 1. The van der Waals surface area contributed by atoms with E-state index in [2.05, 4.69) is 30.5 Å². The predicted molar refractivity (Wildman–Crippen MR) is 127 cm³/mol. The van der Waals surface area contributed by atoms with E-state index in [1.807, 2.05) is 0 Å². The molecule has 0 saturated carbocycles. The van der Waals surface area contributed by atoms with Gasteiger partial charge in [-0.3, -0.25) is 5.43 Å². The number of sulfonamides is 1. The molecule has 0 bridgehead atoms. The van der Waals surface area contributed by atoms with Gasteiger partial charge in [0.2, 0.25) is 5.95 Å². The molecule has 1 fully saturated rings. The number of anilines is 1. The van der Waals surface area contributed by atoms with Crippen LogP contribution in [0.3, 0.4) is 0 Å². The van der Waals surface area contributed by atoms with Crippen LogP contribution in [0.4, 0.5) is 5.95 Å². The number of hydrazone groups is 1. The molecule has 1 atom stereocenters. The van der Waals surface area contributed by atoms with E-state index in [4.69, 9.17) is 21.4 Å². The van der Waals surface area contributed by atoms with Crippen molar-refractivity contribution in [2.45, 2.75) is 23.8 Å². The molecule has 12 heteroatoms. The summed E-state index contributed by atoms with van der Waals surface area (Å²) in [6.07, 6.45) is 6.70. The van der Waals surface area contributed by atoms with Crippen LogP contribution in [0.5, 0.6) is 0 Å². The zero-order valence-electron chi connectivity index (χ0n) is 17.5. The molecule has 3 N–H and O–H groups in total. The Morgan fingerprint density at radius 1 is 1.18 bits per heavy atom. The number of rotatable bonds is 8. The SMILES string of the molecule is O=S(=O)(Nc1ncccn1)c1ccc(-c2ccc(C=NNC(=S)NCC3CCCO3)o2)cc1. The first-order valence-electron chi connectivity index (χ1n) is 10.2. The molecule has 3 aromatic rings. The average Bonchev–Trinajstić information content (AvgIpc) is 3.51. The van der Waals surface area contributed by atoms with Crippen LogP contribution in [-0.4, -0.2) is 49.0 Å². The third kappa shape index (κ3) is 6.34. The van der Waals surface area contributed by atoms with Crippen molar-refractivity contribution in [2.24, 2.45) is 5.10 Å². The summed E-state index contributed by atoms with van der Waals surface area (Å²) >= 11 is 5.18. The van der Waals surface area contributed by atoms with Crippen molar-refractivity contribution in [2.75, 3.05) is 17.9 Å². The van der Waals surface area contributed by atoms with Crippen molar-refractivity contribution in [3.05, 3.63) is 60.6 Å². The lowest BCUT2D eigenvalue weighted by Gasteiger charge is -2.11. The Morgan fingerprint density at radius 3 is 2.70 bits per heavy atom. The number of hydrogen-bond donors (Lipinski definition) is 3. The van der Waals surface area contributed by atoms with Gasteiger partial charge < -0.3 is 14.5 Å². The van der Waals surface area contributed by atoms with Crippen molar-refractivity contribution in [1.82, 2.24) is 20.7 Å². The zero-order valence-corrected chi connectivity index (χ0v) is 19.1. The summed E-state index contributed by atoms with van der Waals surface area (Å²) in [5.41, 5.74) is 3.45. The van der Waals surface area contributed by atoms with E-state index in [-0.39, 0.29) is 16.9 Å². The Balaban J connectivity index is 1.32. The maximum Gasteiger partial charge on any atom is 0.264 e. The fourth-order valence-electron chi connectivity index (χ4n) is 3.11. The first kappa shape index (κ1) is 22.8. The summed E-state index contributed by atoms with van der Waals surface area (Å²) in [7, 11) is -3.80. The van der Waals surface area contributed by atoms with Crippen LogP contribution in [0.25, 0.3) is 11.3 Å². The third-order valence-corrected chi connectivity index (χ3v) is 6.32. The van der Waals surface area contributed by atoms with Crippen molar-refractivity contribution in [3.8, 4) is 11.3 Å². The summed E-state index contributed by atoms with van der Waals surface area (Å²) in [5.74, 6) is 1.09. The van der Waals surface area contributed by atoms with E-state index in [0.29, 0.717) is 28.7 Å². The van der Waals surface area contributed by atoms with E-state index in [9.17, 15) is 8.42 Å². The molecule has 1 aliphatic rings. The summed E-state index contributed by atoms with van der Waals surface area (Å²) < 4.78 is 38.6. The number of aromatic nitrogens is 2. The molecule has 1 unspecified atom stereocenters. The number of nitrogens with one attached hydrogen (secondary N) is 3. The van der Waals surface area contributed by atoms with Gasteiger partial charge in [-0.25, -0.2) is 23.1 Å². The lowest BCUT2D eigenvalue weighted by molar-refractivity contribution is 0.114. The highest BCUT2D eigenvalue weighted by molar-refractivity contribution is 7.92. The number of thiocarbonyl (C=S) groups is 1. The fourth-order valence-corrected chi connectivity index (χ4v) is 4.21. The lowest BCUT2D eigenvalue weighted by Crippen LogP contribution is -2.37. The molecule has 33 heavy (non-hydrogen) atoms. The standard InChI is InChI=1S/C21H22N6O4S2/c28-33(29,27-20-22-10-2-11-23-20)18-7-4-15(5-8-18)19-9-6-17(31-19)14-25-26-21(32)24-13-16-3-1-12-30-16/h2,4-11,14,16H,1,3,12-13H2,(H,22,23,27)(H2,24,26,32). The molecule has 4 rings (SSSR count). The normalized spacial score (nSPS) is 16.1. The molecular formula is C21H22N6O4S2. The third-order valence-electron chi connectivity index (χ3n) is 4.74. The molecule has 0 spiro atoms. The number of hydrogen-bond acceptors (Lipinski definition) is 8. The monoisotopic (exact) mass is 486 g/mol. The van der Waals surface area contributed by atoms with Crippen molar-refractivity contribution in [1.29, 1.82) is 0 Å². The molecule has 10 nitrogen and oxygen atoms in total. The molecule has 0 amide bonds. The quantitative estimate of drug-likeness (QED) is 0.250. The predicted octanol–water partition coefficient (Wildman–Crippen LogP) is 2.51.